The maximum atomic E-state index is 10.8. The number of nitro groups is 1. The second kappa shape index (κ2) is 5.58. The minimum Gasteiger partial charge on any atom is -0.477 e. The van der Waals surface area contributed by atoms with Crippen molar-refractivity contribution in [1.29, 1.82) is 0 Å². The van der Waals surface area contributed by atoms with Crippen LogP contribution in [0.3, 0.4) is 0 Å². The van der Waals surface area contributed by atoms with Crippen molar-refractivity contribution in [2.45, 2.75) is 6.92 Å². The summed E-state index contributed by atoms with van der Waals surface area (Å²) in [5, 5.41) is 21.5. The second-order valence-electron chi connectivity index (χ2n) is 3.40. The van der Waals surface area contributed by atoms with Gasteiger partial charge in [-0.2, -0.15) is 0 Å². The molecule has 0 atom stereocenters. The van der Waals surface area contributed by atoms with Crippen LogP contribution >= 0.6 is 0 Å². The zero-order valence-electron chi connectivity index (χ0n) is 9.41. The van der Waals surface area contributed by atoms with Crippen LogP contribution in [0.15, 0.2) is 30.0 Å². The SMILES string of the molecule is CC(=O)N/C(=C\c1cccc([N+](=O)[O-])c1)C(=O)O. The number of hydrogen-bond donors (Lipinski definition) is 2. The number of benzene rings is 1. The third-order valence-corrected chi connectivity index (χ3v) is 1.93. The summed E-state index contributed by atoms with van der Waals surface area (Å²) < 4.78 is 0. The number of hydrogen-bond acceptors (Lipinski definition) is 4. The highest BCUT2D eigenvalue weighted by Gasteiger charge is 2.10. The van der Waals surface area contributed by atoms with E-state index in [0.29, 0.717) is 5.56 Å². The van der Waals surface area contributed by atoms with Gasteiger partial charge in [0.05, 0.1) is 4.92 Å². The van der Waals surface area contributed by atoms with Crippen molar-refractivity contribution in [2.24, 2.45) is 0 Å². The van der Waals surface area contributed by atoms with Crippen LogP contribution in [0.4, 0.5) is 5.69 Å². The van der Waals surface area contributed by atoms with Crippen LogP contribution in [0.5, 0.6) is 0 Å². The molecule has 18 heavy (non-hydrogen) atoms. The monoisotopic (exact) mass is 250 g/mol. The Morgan fingerprint density at radius 1 is 1.44 bits per heavy atom. The number of carboxylic acids is 1. The lowest BCUT2D eigenvalue weighted by molar-refractivity contribution is -0.384. The van der Waals surface area contributed by atoms with Gasteiger partial charge in [0, 0.05) is 19.1 Å². The average molecular weight is 250 g/mol. The molecule has 0 aliphatic heterocycles. The first-order chi connectivity index (χ1) is 8.40. The highest BCUT2D eigenvalue weighted by molar-refractivity contribution is 5.96. The largest absolute Gasteiger partial charge is 0.477 e. The normalized spacial score (nSPS) is 10.8. The van der Waals surface area contributed by atoms with Gasteiger partial charge in [0.25, 0.3) is 5.69 Å². The van der Waals surface area contributed by atoms with Gasteiger partial charge in [0.2, 0.25) is 5.91 Å². The van der Waals surface area contributed by atoms with E-state index in [9.17, 15) is 19.7 Å². The molecule has 0 saturated heterocycles. The van der Waals surface area contributed by atoms with Crippen LogP contribution in [0.25, 0.3) is 6.08 Å². The maximum Gasteiger partial charge on any atom is 0.352 e. The Kier molecular flexibility index (Phi) is 4.14. The van der Waals surface area contributed by atoms with Crippen LogP contribution in [-0.2, 0) is 9.59 Å². The van der Waals surface area contributed by atoms with Gasteiger partial charge in [0.15, 0.2) is 0 Å². The molecule has 0 unspecified atom stereocenters. The van der Waals surface area contributed by atoms with E-state index in [1.54, 1.807) is 0 Å². The summed E-state index contributed by atoms with van der Waals surface area (Å²) in [4.78, 5) is 31.6. The van der Waals surface area contributed by atoms with Gasteiger partial charge < -0.3 is 10.4 Å². The van der Waals surface area contributed by atoms with Crippen molar-refractivity contribution in [3.63, 3.8) is 0 Å². The summed E-state index contributed by atoms with van der Waals surface area (Å²) >= 11 is 0. The van der Waals surface area contributed by atoms with Gasteiger partial charge in [-0.25, -0.2) is 4.79 Å². The molecule has 0 heterocycles. The minimum atomic E-state index is -1.32. The molecule has 7 nitrogen and oxygen atoms in total. The number of nitro benzene ring substituents is 1. The summed E-state index contributed by atoms with van der Waals surface area (Å²) in [6.07, 6.45) is 1.15. The maximum absolute atomic E-state index is 10.8. The molecule has 0 aliphatic rings. The van der Waals surface area contributed by atoms with E-state index in [-0.39, 0.29) is 11.4 Å². The number of carbonyl (C=O) groups is 2. The quantitative estimate of drug-likeness (QED) is 0.473. The first-order valence-corrected chi connectivity index (χ1v) is 4.87. The van der Waals surface area contributed by atoms with Crippen LogP contribution < -0.4 is 5.32 Å². The van der Waals surface area contributed by atoms with E-state index in [4.69, 9.17) is 5.11 Å². The first kappa shape index (κ1) is 13.4. The summed E-state index contributed by atoms with van der Waals surface area (Å²) in [5.74, 6) is -1.86. The number of aliphatic carboxylic acids is 1. The smallest absolute Gasteiger partial charge is 0.352 e. The fourth-order valence-electron chi connectivity index (χ4n) is 1.24. The molecule has 1 amide bonds. The molecule has 1 aromatic rings. The van der Waals surface area contributed by atoms with Gasteiger partial charge in [-0.1, -0.05) is 12.1 Å². The van der Waals surface area contributed by atoms with Crippen molar-refractivity contribution in [1.82, 2.24) is 5.32 Å². The number of non-ortho nitro benzene ring substituents is 1. The number of carboxylic acid groups (broad SMARTS) is 1. The van der Waals surface area contributed by atoms with E-state index in [2.05, 4.69) is 5.32 Å². The molecule has 0 aliphatic carbocycles. The molecule has 1 aromatic carbocycles. The molecule has 1 rings (SSSR count). The summed E-state index contributed by atoms with van der Waals surface area (Å²) in [6.45, 7) is 1.17. The zero-order chi connectivity index (χ0) is 13.7. The average Bonchev–Trinajstić information content (AvgIpc) is 2.27. The predicted molar refractivity (Wildman–Crippen MR) is 62.5 cm³/mol. The lowest BCUT2D eigenvalue weighted by Gasteiger charge is -2.02. The lowest BCUT2D eigenvalue weighted by atomic mass is 10.1. The molecule has 2 N–H and O–H groups in total. The van der Waals surface area contributed by atoms with E-state index >= 15 is 0 Å². The number of nitrogens with one attached hydrogen (secondary N) is 1. The molecular weight excluding hydrogens is 240 g/mol. The summed E-state index contributed by atoms with van der Waals surface area (Å²) in [6, 6.07) is 5.43. The van der Waals surface area contributed by atoms with Crippen molar-refractivity contribution < 1.29 is 19.6 Å². The highest BCUT2D eigenvalue weighted by atomic mass is 16.6. The molecule has 0 fully saturated rings. The first-order valence-electron chi connectivity index (χ1n) is 4.87. The third kappa shape index (κ3) is 3.71. The Labute approximate surface area is 102 Å². The van der Waals surface area contributed by atoms with Gasteiger partial charge in [-0.15, -0.1) is 0 Å². The van der Waals surface area contributed by atoms with Crippen molar-refractivity contribution in [3.05, 3.63) is 45.6 Å². The summed E-state index contributed by atoms with van der Waals surface area (Å²) in [7, 11) is 0. The van der Waals surface area contributed by atoms with E-state index in [1.807, 2.05) is 0 Å². The number of carbonyl (C=O) groups excluding carboxylic acids is 1. The zero-order valence-corrected chi connectivity index (χ0v) is 9.41. The molecule has 0 saturated carbocycles. The van der Waals surface area contributed by atoms with Crippen molar-refractivity contribution in [3.8, 4) is 0 Å². The standard InChI is InChI=1S/C11H10N2O5/c1-7(14)12-10(11(15)16)6-8-3-2-4-9(5-8)13(17)18/h2-6H,1H3,(H,12,14)(H,15,16)/b10-6-. The topological polar surface area (TPSA) is 110 Å². The molecule has 0 radical (unpaired) electrons. The second-order valence-corrected chi connectivity index (χ2v) is 3.40. The molecule has 0 bridgehead atoms. The number of amides is 1. The number of nitrogens with zero attached hydrogens (tertiary/aromatic N) is 1. The lowest BCUT2D eigenvalue weighted by Crippen LogP contribution is -2.24. The Bertz CT molecular complexity index is 536. The third-order valence-electron chi connectivity index (χ3n) is 1.93. The Balaban J connectivity index is 3.11. The van der Waals surface area contributed by atoms with Gasteiger partial charge in [0.1, 0.15) is 5.70 Å². The Morgan fingerprint density at radius 2 is 2.11 bits per heavy atom. The highest BCUT2D eigenvalue weighted by Crippen LogP contribution is 2.15. The molecule has 0 aromatic heterocycles. The van der Waals surface area contributed by atoms with Gasteiger partial charge in [-0.3, -0.25) is 14.9 Å². The minimum absolute atomic E-state index is 0.156. The Morgan fingerprint density at radius 3 is 2.61 bits per heavy atom. The van der Waals surface area contributed by atoms with E-state index < -0.39 is 16.8 Å². The molecule has 0 spiro atoms. The predicted octanol–water partition coefficient (Wildman–Crippen LogP) is 1.16. The number of rotatable bonds is 4. The fourth-order valence-corrected chi connectivity index (χ4v) is 1.24. The molecule has 94 valence electrons. The van der Waals surface area contributed by atoms with E-state index in [1.165, 1.54) is 31.2 Å². The van der Waals surface area contributed by atoms with Crippen LogP contribution in [-0.4, -0.2) is 21.9 Å². The van der Waals surface area contributed by atoms with Crippen molar-refractivity contribution >= 4 is 23.6 Å². The van der Waals surface area contributed by atoms with Crippen LogP contribution in [0.1, 0.15) is 12.5 Å². The van der Waals surface area contributed by atoms with E-state index in [0.717, 1.165) is 6.08 Å². The van der Waals surface area contributed by atoms with Crippen LogP contribution in [0, 0.1) is 10.1 Å². The molecule has 7 heteroatoms. The van der Waals surface area contributed by atoms with Crippen molar-refractivity contribution in [2.75, 3.05) is 0 Å². The van der Waals surface area contributed by atoms with Crippen LogP contribution in [0.2, 0.25) is 0 Å². The fraction of sp³-hybridized carbons (Fsp3) is 0.0909. The molecular formula is C11H10N2O5. The van der Waals surface area contributed by atoms with Gasteiger partial charge >= 0.3 is 5.97 Å². The van der Waals surface area contributed by atoms with Gasteiger partial charge in [-0.05, 0) is 11.6 Å². The summed E-state index contributed by atoms with van der Waals surface area (Å²) in [5.41, 5.74) is -0.185. The Hall–Kier alpha value is -2.70.